The zero-order valence-electron chi connectivity index (χ0n) is 12.0. The third-order valence-corrected chi connectivity index (χ3v) is 4.17. The van der Waals surface area contributed by atoms with Gasteiger partial charge in [-0.2, -0.15) is 5.10 Å². The smallest absolute Gasteiger partial charge is 0.147 e. The number of benzene rings is 1. The molecule has 0 amide bonds. The van der Waals surface area contributed by atoms with Crippen molar-refractivity contribution < 1.29 is 5.11 Å². The van der Waals surface area contributed by atoms with Crippen LogP contribution in [0.2, 0.25) is 5.02 Å². The largest absolute Gasteiger partial charge is 0.387 e. The van der Waals surface area contributed by atoms with Gasteiger partial charge in [-0.3, -0.25) is 0 Å². The molecule has 3 rings (SSSR count). The van der Waals surface area contributed by atoms with Crippen molar-refractivity contribution in [3.05, 3.63) is 46.5 Å². The highest BCUT2D eigenvalue weighted by atomic mass is 35.5. The zero-order valence-corrected chi connectivity index (χ0v) is 12.7. The highest BCUT2D eigenvalue weighted by Crippen LogP contribution is 2.22. The molecule has 0 unspecified atom stereocenters. The summed E-state index contributed by atoms with van der Waals surface area (Å²) in [5.74, 6) is 1.87. The number of hydrogen-bond donors (Lipinski definition) is 2. The highest BCUT2D eigenvalue weighted by Gasteiger charge is 2.21. The fourth-order valence-electron chi connectivity index (χ4n) is 2.73. The van der Waals surface area contributed by atoms with Crippen LogP contribution in [0.15, 0.2) is 24.3 Å². The average Bonchev–Trinajstić information content (AvgIpc) is 2.84. The van der Waals surface area contributed by atoms with Crippen molar-refractivity contribution >= 4 is 11.6 Å². The van der Waals surface area contributed by atoms with Gasteiger partial charge in [0, 0.05) is 29.6 Å². The monoisotopic (exact) mass is 306 g/mol. The van der Waals surface area contributed by atoms with Crippen molar-refractivity contribution in [3.63, 3.8) is 0 Å². The lowest BCUT2D eigenvalue weighted by Crippen LogP contribution is -2.39. The van der Waals surface area contributed by atoms with Gasteiger partial charge in [0.25, 0.3) is 0 Å². The predicted octanol–water partition coefficient (Wildman–Crippen LogP) is 1.88. The summed E-state index contributed by atoms with van der Waals surface area (Å²) in [6.45, 7) is 3.19. The van der Waals surface area contributed by atoms with Crippen LogP contribution in [-0.2, 0) is 13.0 Å². The first-order valence-electron chi connectivity index (χ1n) is 7.19. The van der Waals surface area contributed by atoms with E-state index in [1.165, 1.54) is 0 Å². The molecule has 112 valence electrons. The number of aliphatic hydroxyl groups is 1. The Morgan fingerprint density at radius 3 is 3.10 bits per heavy atom. The number of halogens is 1. The molecule has 0 aliphatic carbocycles. The fourth-order valence-corrected chi connectivity index (χ4v) is 3.00. The van der Waals surface area contributed by atoms with Crippen LogP contribution in [0.25, 0.3) is 0 Å². The fraction of sp³-hybridized carbons (Fsp3) is 0.467. The Labute approximate surface area is 129 Å². The van der Waals surface area contributed by atoms with E-state index in [0.717, 1.165) is 36.6 Å². The van der Waals surface area contributed by atoms with Crippen molar-refractivity contribution in [2.24, 2.45) is 0 Å². The van der Waals surface area contributed by atoms with E-state index in [1.54, 1.807) is 6.07 Å². The van der Waals surface area contributed by atoms with Gasteiger partial charge in [-0.25, -0.2) is 9.67 Å². The molecule has 5 nitrogen and oxygen atoms in total. The van der Waals surface area contributed by atoms with Crippen molar-refractivity contribution in [1.82, 2.24) is 20.1 Å². The van der Waals surface area contributed by atoms with Gasteiger partial charge in [-0.1, -0.05) is 29.8 Å². The number of nitrogens with zero attached hydrogens (tertiary/aromatic N) is 3. The van der Waals surface area contributed by atoms with E-state index in [4.69, 9.17) is 11.6 Å². The van der Waals surface area contributed by atoms with Gasteiger partial charge >= 0.3 is 0 Å². The Kier molecular flexibility index (Phi) is 4.24. The van der Waals surface area contributed by atoms with Crippen molar-refractivity contribution in [3.8, 4) is 0 Å². The molecule has 0 spiro atoms. The minimum atomic E-state index is -0.599. The second-order valence-corrected chi connectivity index (χ2v) is 5.85. The molecule has 0 bridgehead atoms. The van der Waals surface area contributed by atoms with Gasteiger partial charge in [-0.15, -0.1) is 0 Å². The third kappa shape index (κ3) is 3.26. The molecule has 1 aromatic heterocycles. The summed E-state index contributed by atoms with van der Waals surface area (Å²) in [7, 11) is 0. The maximum absolute atomic E-state index is 10.2. The van der Waals surface area contributed by atoms with Crippen LogP contribution in [0.4, 0.5) is 0 Å². The standard InChI is InChI=1S/C15H19ClN4O/c1-10-18-15-7-6-11(9-20(15)19-10)17-8-14(21)12-4-2-3-5-13(12)16/h2-5,11,14,17,21H,6-9H2,1H3/t11-,14-/m1/s1. The van der Waals surface area contributed by atoms with Crippen LogP contribution in [0.3, 0.4) is 0 Å². The minimum absolute atomic E-state index is 0.302. The summed E-state index contributed by atoms with van der Waals surface area (Å²) < 4.78 is 1.96. The average molecular weight is 307 g/mol. The van der Waals surface area contributed by atoms with Crippen LogP contribution in [0.5, 0.6) is 0 Å². The van der Waals surface area contributed by atoms with E-state index in [0.29, 0.717) is 17.6 Å². The molecule has 0 radical (unpaired) electrons. The third-order valence-electron chi connectivity index (χ3n) is 3.83. The lowest BCUT2D eigenvalue weighted by molar-refractivity contribution is 0.165. The Hall–Kier alpha value is -1.43. The molecule has 2 atom stereocenters. The second kappa shape index (κ2) is 6.13. The summed E-state index contributed by atoms with van der Waals surface area (Å²) in [6, 6.07) is 7.70. The molecule has 2 heterocycles. The topological polar surface area (TPSA) is 63.0 Å². The van der Waals surface area contributed by atoms with Crippen LogP contribution >= 0.6 is 11.6 Å². The first-order valence-corrected chi connectivity index (χ1v) is 7.57. The van der Waals surface area contributed by atoms with E-state index in [9.17, 15) is 5.11 Å². The van der Waals surface area contributed by atoms with E-state index in [-0.39, 0.29) is 0 Å². The Morgan fingerprint density at radius 2 is 2.29 bits per heavy atom. The molecule has 1 aromatic carbocycles. The van der Waals surface area contributed by atoms with Crippen LogP contribution in [-0.4, -0.2) is 32.5 Å². The summed E-state index contributed by atoms with van der Waals surface area (Å²) in [5.41, 5.74) is 0.764. The van der Waals surface area contributed by atoms with E-state index in [2.05, 4.69) is 15.4 Å². The molecule has 0 fully saturated rings. The van der Waals surface area contributed by atoms with Gasteiger partial charge < -0.3 is 10.4 Å². The molecule has 1 aliphatic rings. The Balaban J connectivity index is 1.58. The highest BCUT2D eigenvalue weighted by molar-refractivity contribution is 6.31. The van der Waals surface area contributed by atoms with Crippen molar-refractivity contribution in [2.75, 3.05) is 6.54 Å². The first kappa shape index (κ1) is 14.5. The first-order chi connectivity index (χ1) is 10.1. The number of fused-ring (bicyclic) bond motifs is 1. The van der Waals surface area contributed by atoms with E-state index in [1.807, 2.05) is 29.8 Å². The lowest BCUT2D eigenvalue weighted by atomic mass is 10.1. The molecular formula is C15H19ClN4O. The number of aryl methyl sites for hydroxylation is 2. The van der Waals surface area contributed by atoms with E-state index < -0.39 is 6.10 Å². The van der Waals surface area contributed by atoms with Crippen LogP contribution in [0.1, 0.15) is 29.7 Å². The molecule has 6 heteroatoms. The maximum Gasteiger partial charge on any atom is 0.147 e. The van der Waals surface area contributed by atoms with Gasteiger partial charge in [0.05, 0.1) is 12.6 Å². The van der Waals surface area contributed by atoms with Gasteiger partial charge in [0.1, 0.15) is 11.6 Å². The van der Waals surface area contributed by atoms with Crippen LogP contribution < -0.4 is 5.32 Å². The number of rotatable bonds is 4. The predicted molar refractivity (Wildman–Crippen MR) is 81.3 cm³/mol. The second-order valence-electron chi connectivity index (χ2n) is 5.44. The quantitative estimate of drug-likeness (QED) is 0.905. The molecule has 2 N–H and O–H groups in total. The van der Waals surface area contributed by atoms with Gasteiger partial charge in [-0.05, 0) is 19.4 Å². The summed E-state index contributed by atoms with van der Waals surface area (Å²) in [6.07, 6.45) is 1.33. The normalized spacial score (nSPS) is 19.3. The molecule has 21 heavy (non-hydrogen) atoms. The minimum Gasteiger partial charge on any atom is -0.387 e. The molecule has 1 aliphatic heterocycles. The number of nitrogens with one attached hydrogen (secondary N) is 1. The zero-order chi connectivity index (χ0) is 14.8. The Morgan fingerprint density at radius 1 is 1.48 bits per heavy atom. The van der Waals surface area contributed by atoms with Gasteiger partial charge in [0.2, 0.25) is 0 Å². The van der Waals surface area contributed by atoms with Crippen molar-refractivity contribution in [2.45, 2.75) is 38.5 Å². The lowest BCUT2D eigenvalue weighted by Gasteiger charge is -2.25. The summed E-state index contributed by atoms with van der Waals surface area (Å²) in [4.78, 5) is 4.40. The Bertz CT molecular complexity index is 628. The molecular weight excluding hydrogens is 288 g/mol. The van der Waals surface area contributed by atoms with Crippen LogP contribution in [0, 0.1) is 6.92 Å². The molecule has 2 aromatic rings. The van der Waals surface area contributed by atoms with E-state index >= 15 is 0 Å². The summed E-state index contributed by atoms with van der Waals surface area (Å²) >= 11 is 6.10. The molecule has 0 saturated heterocycles. The van der Waals surface area contributed by atoms with Gasteiger partial charge in [0.15, 0.2) is 0 Å². The molecule has 0 saturated carbocycles. The number of aromatic nitrogens is 3. The maximum atomic E-state index is 10.2. The van der Waals surface area contributed by atoms with Crippen molar-refractivity contribution in [1.29, 1.82) is 0 Å². The number of hydrogen-bond acceptors (Lipinski definition) is 4. The summed E-state index contributed by atoms with van der Waals surface area (Å²) in [5, 5.41) is 18.6. The number of aliphatic hydroxyl groups excluding tert-OH is 1. The SMILES string of the molecule is Cc1nc2n(n1)C[C@H](NC[C@@H](O)c1ccccc1Cl)CC2.